The van der Waals surface area contributed by atoms with Crippen molar-refractivity contribution in [1.82, 2.24) is 9.80 Å². The molecule has 98 valence electrons. The maximum Gasteiger partial charge on any atom is 0.326 e. The molecule has 0 aromatic heterocycles. The fourth-order valence-electron chi connectivity index (χ4n) is 1.89. The Labute approximate surface area is 106 Å². The van der Waals surface area contributed by atoms with Crippen LogP contribution in [0.3, 0.4) is 0 Å². The van der Waals surface area contributed by atoms with Gasteiger partial charge in [0.2, 0.25) is 0 Å². The first-order chi connectivity index (χ1) is 7.82. The van der Waals surface area contributed by atoms with Gasteiger partial charge in [-0.3, -0.25) is 0 Å². The molecule has 0 saturated carbocycles. The third-order valence-electron chi connectivity index (χ3n) is 2.93. The van der Waals surface area contributed by atoms with Crippen LogP contribution >= 0.6 is 11.8 Å². The van der Waals surface area contributed by atoms with E-state index in [1.54, 1.807) is 4.90 Å². The van der Waals surface area contributed by atoms with Crippen LogP contribution < -0.4 is 0 Å². The van der Waals surface area contributed by atoms with E-state index in [1.165, 1.54) is 18.9 Å². The van der Waals surface area contributed by atoms with Crippen molar-refractivity contribution < 1.29 is 14.7 Å². The van der Waals surface area contributed by atoms with Crippen molar-refractivity contribution in [2.45, 2.75) is 37.3 Å². The Morgan fingerprint density at radius 1 is 1.35 bits per heavy atom. The molecule has 0 aliphatic carbocycles. The van der Waals surface area contributed by atoms with E-state index in [9.17, 15) is 9.59 Å². The Morgan fingerprint density at radius 3 is 2.24 bits per heavy atom. The predicted molar refractivity (Wildman–Crippen MR) is 68.3 cm³/mol. The summed E-state index contributed by atoms with van der Waals surface area (Å²) in [6, 6.07) is -0.985. The maximum atomic E-state index is 12.1. The molecular formula is C11H20N2O3S. The molecular weight excluding hydrogens is 240 g/mol. The molecule has 1 heterocycles. The molecule has 0 bridgehead atoms. The highest BCUT2D eigenvalue weighted by atomic mass is 32.2. The van der Waals surface area contributed by atoms with Crippen molar-refractivity contribution >= 4 is 23.8 Å². The van der Waals surface area contributed by atoms with Gasteiger partial charge in [-0.1, -0.05) is 13.8 Å². The lowest BCUT2D eigenvalue weighted by Gasteiger charge is -2.37. The molecule has 3 atom stereocenters. The molecule has 1 aliphatic heterocycles. The Balaban J connectivity index is 2.65. The van der Waals surface area contributed by atoms with Crippen LogP contribution in [0, 0.1) is 0 Å². The summed E-state index contributed by atoms with van der Waals surface area (Å²) in [7, 11) is 1.54. The molecule has 5 nitrogen and oxygen atoms in total. The number of hydrogen-bond acceptors (Lipinski definition) is 3. The van der Waals surface area contributed by atoms with Crippen LogP contribution in [0.15, 0.2) is 0 Å². The summed E-state index contributed by atoms with van der Waals surface area (Å²) in [6.07, 6.45) is 0. The van der Waals surface area contributed by atoms with Crippen molar-refractivity contribution in [3.8, 4) is 0 Å². The number of rotatable bonds is 2. The van der Waals surface area contributed by atoms with Gasteiger partial charge in [0.05, 0.1) is 0 Å². The maximum absolute atomic E-state index is 12.1. The number of likely N-dealkylation sites (N-methyl/N-ethyl adjacent to an activating group) is 1. The zero-order chi connectivity index (χ0) is 13.2. The van der Waals surface area contributed by atoms with Gasteiger partial charge in [0.25, 0.3) is 0 Å². The minimum absolute atomic E-state index is 0.195. The average Bonchev–Trinajstić information content (AvgIpc) is 2.24. The second-order valence-electron chi connectivity index (χ2n) is 4.57. The van der Waals surface area contributed by atoms with Gasteiger partial charge in [0.1, 0.15) is 6.04 Å². The molecule has 1 saturated heterocycles. The van der Waals surface area contributed by atoms with Crippen LogP contribution in [0.1, 0.15) is 20.8 Å². The molecule has 1 N–H and O–H groups in total. The molecule has 0 radical (unpaired) electrons. The smallest absolute Gasteiger partial charge is 0.326 e. The molecule has 0 spiro atoms. The molecule has 2 amide bonds. The first kappa shape index (κ1) is 14.2. The minimum Gasteiger partial charge on any atom is -0.480 e. The van der Waals surface area contributed by atoms with Gasteiger partial charge in [-0.2, -0.15) is 11.8 Å². The van der Waals surface area contributed by atoms with E-state index in [4.69, 9.17) is 5.11 Å². The van der Waals surface area contributed by atoms with E-state index in [-0.39, 0.29) is 6.03 Å². The van der Waals surface area contributed by atoms with Crippen LogP contribution in [0.25, 0.3) is 0 Å². The molecule has 3 unspecified atom stereocenters. The Bertz CT molecular complexity index is 301. The number of thioether (sulfide) groups is 1. The first-order valence-corrected chi connectivity index (χ1v) is 6.67. The second kappa shape index (κ2) is 5.62. The molecule has 0 aromatic rings. The number of carbonyl (C=O) groups excluding carboxylic acids is 1. The zero-order valence-corrected chi connectivity index (χ0v) is 11.5. The van der Waals surface area contributed by atoms with E-state index < -0.39 is 12.0 Å². The number of amides is 2. The monoisotopic (exact) mass is 260 g/mol. The van der Waals surface area contributed by atoms with Gasteiger partial charge in [0, 0.05) is 30.6 Å². The SMILES string of the molecule is CC1CN(C(=O)N(C)C(C)C(=O)O)CC(C)S1. The first-order valence-electron chi connectivity index (χ1n) is 5.73. The molecule has 6 heteroatoms. The fraction of sp³-hybridized carbons (Fsp3) is 0.818. The lowest BCUT2D eigenvalue weighted by molar-refractivity contribution is -0.141. The summed E-state index contributed by atoms with van der Waals surface area (Å²) in [5.74, 6) is -0.978. The van der Waals surface area contributed by atoms with E-state index in [1.807, 2.05) is 11.8 Å². The van der Waals surface area contributed by atoms with E-state index in [2.05, 4.69) is 13.8 Å². The van der Waals surface area contributed by atoms with Crippen LogP contribution in [0.2, 0.25) is 0 Å². The van der Waals surface area contributed by atoms with Gasteiger partial charge in [0.15, 0.2) is 0 Å². The normalized spacial score (nSPS) is 26.5. The number of carboxylic acids is 1. The Hall–Kier alpha value is -0.910. The number of carbonyl (C=O) groups is 2. The third-order valence-corrected chi connectivity index (χ3v) is 4.16. The lowest BCUT2D eigenvalue weighted by Crippen LogP contribution is -2.52. The number of urea groups is 1. The van der Waals surface area contributed by atoms with Crippen molar-refractivity contribution in [3.05, 3.63) is 0 Å². The number of nitrogens with zero attached hydrogens (tertiary/aromatic N) is 2. The van der Waals surface area contributed by atoms with Gasteiger partial charge in [-0.05, 0) is 6.92 Å². The van der Waals surface area contributed by atoms with Gasteiger partial charge in [-0.15, -0.1) is 0 Å². The van der Waals surface area contributed by atoms with Crippen LogP contribution in [-0.4, -0.2) is 63.6 Å². The van der Waals surface area contributed by atoms with E-state index in [0.29, 0.717) is 23.6 Å². The number of carboxylic acid groups (broad SMARTS) is 1. The zero-order valence-electron chi connectivity index (χ0n) is 10.7. The molecule has 0 aromatic carbocycles. The molecule has 1 fully saturated rings. The summed E-state index contributed by atoms with van der Waals surface area (Å²) in [4.78, 5) is 26.0. The summed E-state index contributed by atoms with van der Waals surface area (Å²) < 4.78 is 0. The topological polar surface area (TPSA) is 60.9 Å². The molecule has 1 aliphatic rings. The highest BCUT2D eigenvalue weighted by Gasteiger charge is 2.30. The van der Waals surface area contributed by atoms with E-state index in [0.717, 1.165) is 0 Å². The second-order valence-corrected chi connectivity index (χ2v) is 6.45. The van der Waals surface area contributed by atoms with Gasteiger partial charge in [-0.25, -0.2) is 9.59 Å². The molecule has 17 heavy (non-hydrogen) atoms. The Kier molecular flexibility index (Phi) is 4.68. The fourth-order valence-corrected chi connectivity index (χ4v) is 3.21. The van der Waals surface area contributed by atoms with Crippen molar-refractivity contribution in [1.29, 1.82) is 0 Å². The lowest BCUT2D eigenvalue weighted by atomic mass is 10.3. The average molecular weight is 260 g/mol. The summed E-state index contributed by atoms with van der Waals surface area (Å²) in [5, 5.41) is 9.69. The van der Waals surface area contributed by atoms with Crippen molar-refractivity contribution in [2.75, 3.05) is 20.1 Å². The number of hydrogen-bond donors (Lipinski definition) is 1. The highest BCUT2D eigenvalue weighted by molar-refractivity contribution is 8.00. The van der Waals surface area contributed by atoms with Crippen LogP contribution in [0.4, 0.5) is 4.79 Å². The minimum atomic E-state index is -0.978. The molecule has 1 rings (SSSR count). The summed E-state index contributed by atoms with van der Waals surface area (Å²) in [5.41, 5.74) is 0. The number of aliphatic carboxylic acids is 1. The van der Waals surface area contributed by atoms with Crippen molar-refractivity contribution in [3.63, 3.8) is 0 Å². The summed E-state index contributed by atoms with van der Waals surface area (Å²) >= 11 is 1.86. The largest absolute Gasteiger partial charge is 0.480 e. The highest BCUT2D eigenvalue weighted by Crippen LogP contribution is 2.25. The van der Waals surface area contributed by atoms with Gasteiger partial charge < -0.3 is 14.9 Å². The third kappa shape index (κ3) is 3.52. The summed E-state index contributed by atoms with van der Waals surface area (Å²) in [6.45, 7) is 7.06. The predicted octanol–water partition coefficient (Wildman–Crippen LogP) is 1.34. The standard InChI is InChI=1S/C11H20N2O3S/c1-7-5-13(6-8(2)17-7)11(16)12(4)9(3)10(14)15/h7-9H,5-6H2,1-4H3,(H,14,15). The van der Waals surface area contributed by atoms with Crippen LogP contribution in [-0.2, 0) is 4.79 Å². The van der Waals surface area contributed by atoms with Crippen molar-refractivity contribution in [2.24, 2.45) is 0 Å². The Morgan fingerprint density at radius 2 is 1.82 bits per heavy atom. The van der Waals surface area contributed by atoms with E-state index >= 15 is 0 Å². The van der Waals surface area contributed by atoms with Crippen LogP contribution in [0.5, 0.6) is 0 Å². The quantitative estimate of drug-likeness (QED) is 0.814. The van der Waals surface area contributed by atoms with Gasteiger partial charge >= 0.3 is 12.0 Å².